The van der Waals surface area contributed by atoms with Crippen molar-refractivity contribution in [1.82, 2.24) is 9.97 Å². The summed E-state index contributed by atoms with van der Waals surface area (Å²) in [5, 5.41) is 7.20. The molecule has 0 saturated carbocycles. The number of hydrogen-bond acceptors (Lipinski definition) is 5. The van der Waals surface area contributed by atoms with Crippen molar-refractivity contribution in [3.8, 4) is 0 Å². The predicted octanol–water partition coefficient (Wildman–Crippen LogP) is 5.44. The van der Waals surface area contributed by atoms with Crippen LogP contribution in [0.2, 0.25) is 5.02 Å². The van der Waals surface area contributed by atoms with Crippen LogP contribution in [0.1, 0.15) is 34.5 Å². The summed E-state index contributed by atoms with van der Waals surface area (Å²) in [6.45, 7) is 2.02. The van der Waals surface area contributed by atoms with Gasteiger partial charge in [-0.1, -0.05) is 29.8 Å². The second kappa shape index (κ2) is 7.37. The van der Waals surface area contributed by atoms with Crippen LogP contribution in [0.5, 0.6) is 0 Å². The number of anilines is 4. The van der Waals surface area contributed by atoms with Gasteiger partial charge in [0.25, 0.3) is 0 Å². The standard InChI is InChI=1S/C21H19ClN4O/c1-13-5-2-3-6-16(13)24-20-19-17(7-4-8-18(19)27)25-21(26-20)23-15-11-9-14(22)10-12-15/h2-3,5-6,9-12H,4,7-8H2,1H3,(H2,23,24,25,26). The van der Waals surface area contributed by atoms with E-state index in [0.29, 0.717) is 28.8 Å². The highest BCUT2D eigenvalue weighted by Crippen LogP contribution is 2.30. The van der Waals surface area contributed by atoms with Gasteiger partial charge in [-0.2, -0.15) is 4.98 Å². The molecule has 4 rings (SSSR count). The zero-order valence-corrected chi connectivity index (χ0v) is 15.7. The molecule has 2 aromatic carbocycles. The first-order valence-corrected chi connectivity index (χ1v) is 9.27. The molecule has 1 aliphatic rings. The highest BCUT2D eigenvalue weighted by Gasteiger charge is 2.25. The van der Waals surface area contributed by atoms with Crippen LogP contribution < -0.4 is 10.6 Å². The lowest BCUT2D eigenvalue weighted by Crippen LogP contribution is -2.18. The number of carbonyl (C=O) groups excluding carboxylic acids is 1. The monoisotopic (exact) mass is 378 g/mol. The Morgan fingerprint density at radius 2 is 1.74 bits per heavy atom. The Morgan fingerprint density at radius 1 is 0.963 bits per heavy atom. The molecule has 0 bridgehead atoms. The Kier molecular flexibility index (Phi) is 4.77. The van der Waals surface area contributed by atoms with Gasteiger partial charge in [-0.25, -0.2) is 4.98 Å². The van der Waals surface area contributed by atoms with Gasteiger partial charge in [0.15, 0.2) is 5.78 Å². The summed E-state index contributed by atoms with van der Waals surface area (Å²) in [5.74, 6) is 1.10. The zero-order valence-electron chi connectivity index (χ0n) is 14.9. The number of halogens is 1. The number of fused-ring (bicyclic) bond motifs is 1. The molecule has 0 aliphatic heterocycles. The van der Waals surface area contributed by atoms with Crippen LogP contribution in [0, 0.1) is 6.92 Å². The van der Waals surface area contributed by atoms with Crippen molar-refractivity contribution in [2.45, 2.75) is 26.2 Å². The molecule has 5 nitrogen and oxygen atoms in total. The molecule has 27 heavy (non-hydrogen) atoms. The van der Waals surface area contributed by atoms with Crippen LogP contribution in [0.4, 0.5) is 23.1 Å². The minimum Gasteiger partial charge on any atom is -0.339 e. The number of para-hydroxylation sites is 1. The van der Waals surface area contributed by atoms with Crippen molar-refractivity contribution in [3.63, 3.8) is 0 Å². The van der Waals surface area contributed by atoms with Crippen molar-refractivity contribution >= 4 is 40.5 Å². The van der Waals surface area contributed by atoms with E-state index in [2.05, 4.69) is 20.6 Å². The summed E-state index contributed by atoms with van der Waals surface area (Å²) >= 11 is 5.95. The van der Waals surface area contributed by atoms with Gasteiger partial charge < -0.3 is 10.6 Å². The lowest BCUT2D eigenvalue weighted by atomic mass is 9.95. The molecule has 6 heteroatoms. The van der Waals surface area contributed by atoms with Gasteiger partial charge in [0.1, 0.15) is 5.82 Å². The first-order chi connectivity index (χ1) is 13.1. The van der Waals surface area contributed by atoms with Gasteiger partial charge in [0.05, 0.1) is 11.3 Å². The molecule has 0 unspecified atom stereocenters. The maximum Gasteiger partial charge on any atom is 0.229 e. The molecule has 1 aromatic heterocycles. The van der Waals surface area contributed by atoms with Crippen molar-refractivity contribution in [2.24, 2.45) is 0 Å². The number of nitrogens with zero attached hydrogens (tertiary/aromatic N) is 2. The molecule has 2 N–H and O–H groups in total. The number of aromatic nitrogens is 2. The Bertz CT molecular complexity index is 1000. The van der Waals surface area contributed by atoms with Gasteiger partial charge in [-0.15, -0.1) is 0 Å². The molecule has 136 valence electrons. The Balaban J connectivity index is 1.74. The molecule has 1 aliphatic carbocycles. The second-order valence-corrected chi connectivity index (χ2v) is 7.00. The van der Waals surface area contributed by atoms with E-state index >= 15 is 0 Å². The zero-order chi connectivity index (χ0) is 18.8. The summed E-state index contributed by atoms with van der Waals surface area (Å²) in [6, 6.07) is 15.3. The van der Waals surface area contributed by atoms with Gasteiger partial charge >= 0.3 is 0 Å². The molecular formula is C21H19ClN4O. The van der Waals surface area contributed by atoms with E-state index in [4.69, 9.17) is 11.6 Å². The molecule has 0 amide bonds. The average molecular weight is 379 g/mol. The maximum absolute atomic E-state index is 12.5. The van der Waals surface area contributed by atoms with Gasteiger partial charge in [0.2, 0.25) is 5.95 Å². The average Bonchev–Trinajstić information content (AvgIpc) is 2.65. The minimum absolute atomic E-state index is 0.0883. The van der Waals surface area contributed by atoms with Crippen molar-refractivity contribution in [3.05, 3.63) is 70.4 Å². The maximum atomic E-state index is 12.5. The van der Waals surface area contributed by atoms with E-state index < -0.39 is 0 Å². The van der Waals surface area contributed by atoms with E-state index in [1.54, 1.807) is 12.1 Å². The molecule has 0 saturated heterocycles. The summed E-state index contributed by atoms with van der Waals surface area (Å²) in [6.07, 6.45) is 2.11. The number of hydrogen-bond donors (Lipinski definition) is 2. The number of rotatable bonds is 4. The van der Waals surface area contributed by atoms with Gasteiger partial charge in [0, 0.05) is 22.8 Å². The quantitative estimate of drug-likeness (QED) is 0.632. The number of nitrogens with one attached hydrogen (secondary N) is 2. The predicted molar refractivity (Wildman–Crippen MR) is 108 cm³/mol. The SMILES string of the molecule is Cc1ccccc1Nc1nc(Nc2ccc(Cl)cc2)nc2c1C(=O)CCC2. The van der Waals surface area contributed by atoms with Crippen LogP contribution in [0.3, 0.4) is 0 Å². The topological polar surface area (TPSA) is 66.9 Å². The molecular weight excluding hydrogens is 360 g/mol. The van der Waals surface area contributed by atoms with Crippen molar-refractivity contribution in [2.75, 3.05) is 10.6 Å². The third-order valence-electron chi connectivity index (χ3n) is 4.58. The number of ketones is 1. The fraction of sp³-hybridized carbons (Fsp3) is 0.190. The van der Waals surface area contributed by atoms with E-state index in [-0.39, 0.29) is 5.78 Å². The lowest BCUT2D eigenvalue weighted by molar-refractivity contribution is 0.0972. The van der Waals surface area contributed by atoms with Crippen molar-refractivity contribution < 1.29 is 4.79 Å². The van der Waals surface area contributed by atoms with E-state index in [0.717, 1.165) is 35.5 Å². The highest BCUT2D eigenvalue weighted by atomic mass is 35.5. The Labute approximate surface area is 162 Å². The van der Waals surface area contributed by atoms with E-state index in [1.165, 1.54) is 0 Å². The van der Waals surface area contributed by atoms with Gasteiger partial charge in [-0.3, -0.25) is 4.79 Å². The summed E-state index contributed by atoms with van der Waals surface area (Å²) in [4.78, 5) is 21.7. The van der Waals surface area contributed by atoms with Crippen LogP contribution in [-0.4, -0.2) is 15.8 Å². The van der Waals surface area contributed by atoms with Gasteiger partial charge in [-0.05, 0) is 55.7 Å². The number of Topliss-reactive ketones (excluding diaryl/α,β-unsaturated/α-hetero) is 1. The fourth-order valence-corrected chi connectivity index (χ4v) is 3.30. The minimum atomic E-state index is 0.0883. The molecule has 0 radical (unpaired) electrons. The van der Waals surface area contributed by atoms with E-state index in [9.17, 15) is 4.79 Å². The first kappa shape index (κ1) is 17.5. The number of aryl methyl sites for hydroxylation is 2. The summed E-state index contributed by atoms with van der Waals surface area (Å²) in [5.41, 5.74) is 4.23. The first-order valence-electron chi connectivity index (χ1n) is 8.89. The van der Waals surface area contributed by atoms with Crippen LogP contribution >= 0.6 is 11.6 Å². The van der Waals surface area contributed by atoms with E-state index in [1.807, 2.05) is 43.3 Å². The normalized spacial score (nSPS) is 13.2. The Hall–Kier alpha value is -2.92. The van der Waals surface area contributed by atoms with Crippen LogP contribution in [0.25, 0.3) is 0 Å². The van der Waals surface area contributed by atoms with Crippen molar-refractivity contribution in [1.29, 1.82) is 0 Å². The lowest BCUT2D eigenvalue weighted by Gasteiger charge is -2.20. The molecule has 0 fully saturated rings. The molecule has 1 heterocycles. The third-order valence-corrected chi connectivity index (χ3v) is 4.83. The smallest absolute Gasteiger partial charge is 0.229 e. The Morgan fingerprint density at radius 3 is 2.52 bits per heavy atom. The van der Waals surface area contributed by atoms with Crippen LogP contribution in [-0.2, 0) is 6.42 Å². The largest absolute Gasteiger partial charge is 0.339 e. The number of benzene rings is 2. The second-order valence-electron chi connectivity index (χ2n) is 6.57. The molecule has 0 spiro atoms. The third kappa shape index (κ3) is 3.78. The fourth-order valence-electron chi connectivity index (χ4n) is 3.17. The van der Waals surface area contributed by atoms with Crippen LogP contribution in [0.15, 0.2) is 48.5 Å². The molecule has 0 atom stereocenters. The number of carbonyl (C=O) groups is 1. The summed E-state index contributed by atoms with van der Waals surface area (Å²) < 4.78 is 0. The summed E-state index contributed by atoms with van der Waals surface area (Å²) in [7, 11) is 0. The highest BCUT2D eigenvalue weighted by molar-refractivity contribution is 6.30. The molecule has 3 aromatic rings.